The lowest BCUT2D eigenvalue weighted by atomic mass is 9.41. The van der Waals surface area contributed by atoms with Gasteiger partial charge in [0.05, 0.1) is 24.3 Å². The molecule has 2 atom stereocenters. The van der Waals surface area contributed by atoms with E-state index in [1.54, 1.807) is 13.8 Å². The van der Waals surface area contributed by atoms with Gasteiger partial charge in [-0.25, -0.2) is 0 Å². The third-order valence-electron chi connectivity index (χ3n) is 3.44. The molecular formula is C10H8N4. The van der Waals surface area contributed by atoms with Crippen LogP contribution in [0.15, 0.2) is 0 Å². The Morgan fingerprint density at radius 1 is 0.714 bits per heavy atom. The van der Waals surface area contributed by atoms with Gasteiger partial charge >= 0.3 is 0 Å². The van der Waals surface area contributed by atoms with Crippen LogP contribution in [-0.4, -0.2) is 0 Å². The summed E-state index contributed by atoms with van der Waals surface area (Å²) < 4.78 is 0. The van der Waals surface area contributed by atoms with Gasteiger partial charge in [0.15, 0.2) is 10.8 Å². The highest BCUT2D eigenvalue weighted by atomic mass is 14.7. The third-order valence-corrected chi connectivity index (χ3v) is 3.44. The molecule has 0 bridgehead atoms. The van der Waals surface area contributed by atoms with E-state index in [-0.39, 0.29) is 11.8 Å². The summed E-state index contributed by atoms with van der Waals surface area (Å²) in [4.78, 5) is 0. The zero-order valence-corrected chi connectivity index (χ0v) is 7.94. The van der Waals surface area contributed by atoms with E-state index in [0.717, 1.165) is 0 Å². The number of nitriles is 4. The number of rotatable bonds is 0. The quantitative estimate of drug-likeness (QED) is 0.567. The number of hydrogen-bond donors (Lipinski definition) is 0. The lowest BCUT2D eigenvalue weighted by Gasteiger charge is -2.52. The molecule has 0 aliphatic heterocycles. The molecule has 1 rings (SSSR count). The number of nitrogens with zero attached hydrogens (tertiary/aromatic N) is 4. The molecule has 2 unspecified atom stereocenters. The van der Waals surface area contributed by atoms with Crippen LogP contribution in [0, 0.1) is 68.0 Å². The molecule has 0 N–H and O–H groups in total. The Hall–Kier alpha value is -2.04. The van der Waals surface area contributed by atoms with E-state index in [2.05, 4.69) is 0 Å². The lowest BCUT2D eigenvalue weighted by molar-refractivity contribution is -0.0329. The van der Waals surface area contributed by atoms with Crippen molar-refractivity contribution in [3.05, 3.63) is 0 Å². The molecule has 0 saturated heterocycles. The van der Waals surface area contributed by atoms with E-state index in [1.165, 1.54) is 0 Å². The highest BCUT2D eigenvalue weighted by Gasteiger charge is 2.72. The average Bonchev–Trinajstić information content (AvgIpc) is 2.24. The van der Waals surface area contributed by atoms with Crippen LogP contribution < -0.4 is 0 Å². The summed E-state index contributed by atoms with van der Waals surface area (Å²) in [5.41, 5.74) is -2.92. The summed E-state index contributed by atoms with van der Waals surface area (Å²) in [5.74, 6) is -0.478. The van der Waals surface area contributed by atoms with Crippen LogP contribution >= 0.6 is 0 Å². The van der Waals surface area contributed by atoms with Gasteiger partial charge in [0.1, 0.15) is 0 Å². The summed E-state index contributed by atoms with van der Waals surface area (Å²) in [6, 6.07) is 7.33. The van der Waals surface area contributed by atoms with Crippen molar-refractivity contribution >= 4 is 0 Å². The van der Waals surface area contributed by atoms with Gasteiger partial charge in [0.25, 0.3) is 0 Å². The summed E-state index contributed by atoms with van der Waals surface area (Å²) in [6.45, 7) is 3.45. The fraction of sp³-hybridized carbons (Fsp3) is 0.600. The third kappa shape index (κ3) is 0.654. The maximum Gasteiger partial charge on any atom is 0.178 e. The molecule has 0 heterocycles. The monoisotopic (exact) mass is 184 g/mol. The van der Waals surface area contributed by atoms with Gasteiger partial charge in [-0.2, -0.15) is 21.0 Å². The Kier molecular flexibility index (Phi) is 1.96. The van der Waals surface area contributed by atoms with Crippen LogP contribution in [0.4, 0.5) is 0 Å². The van der Waals surface area contributed by atoms with Crippen molar-refractivity contribution in [2.24, 2.45) is 22.7 Å². The Bertz CT molecular complexity index is 353. The average molecular weight is 184 g/mol. The standard InChI is InChI=1S/C10H8N4/c1-7-8(2)10(5-13,6-14)9(7,3-11)4-12/h7-8H,1-2H3. The topological polar surface area (TPSA) is 95.2 Å². The lowest BCUT2D eigenvalue weighted by Crippen LogP contribution is -2.61. The van der Waals surface area contributed by atoms with E-state index in [1.807, 2.05) is 24.3 Å². The molecule has 1 aliphatic rings. The van der Waals surface area contributed by atoms with Crippen LogP contribution in [0.3, 0.4) is 0 Å². The van der Waals surface area contributed by atoms with E-state index in [4.69, 9.17) is 21.0 Å². The van der Waals surface area contributed by atoms with E-state index < -0.39 is 10.8 Å². The van der Waals surface area contributed by atoms with Crippen molar-refractivity contribution in [1.29, 1.82) is 21.0 Å². The van der Waals surface area contributed by atoms with Gasteiger partial charge in [0.2, 0.25) is 0 Å². The molecular weight excluding hydrogens is 176 g/mol. The first-order valence-corrected chi connectivity index (χ1v) is 4.21. The van der Waals surface area contributed by atoms with Crippen LogP contribution in [0.2, 0.25) is 0 Å². The molecule has 0 spiro atoms. The van der Waals surface area contributed by atoms with Crippen LogP contribution in [0.1, 0.15) is 13.8 Å². The second-order valence-electron chi connectivity index (χ2n) is 3.64. The molecule has 0 aromatic heterocycles. The summed E-state index contributed by atoms with van der Waals surface area (Å²) in [5, 5.41) is 35.8. The van der Waals surface area contributed by atoms with E-state index >= 15 is 0 Å². The normalized spacial score (nSPS) is 31.0. The van der Waals surface area contributed by atoms with E-state index in [9.17, 15) is 0 Å². The van der Waals surface area contributed by atoms with Gasteiger partial charge in [-0.15, -0.1) is 0 Å². The Morgan fingerprint density at radius 2 is 0.929 bits per heavy atom. The van der Waals surface area contributed by atoms with E-state index in [0.29, 0.717) is 0 Å². The minimum absolute atomic E-state index is 0.239. The minimum Gasteiger partial charge on any atom is -0.196 e. The summed E-state index contributed by atoms with van der Waals surface area (Å²) in [6.07, 6.45) is 0. The summed E-state index contributed by atoms with van der Waals surface area (Å²) in [7, 11) is 0. The highest BCUT2D eigenvalue weighted by Crippen LogP contribution is 2.63. The molecule has 68 valence electrons. The molecule has 0 radical (unpaired) electrons. The van der Waals surface area contributed by atoms with Gasteiger partial charge < -0.3 is 0 Å². The first-order valence-electron chi connectivity index (χ1n) is 4.21. The van der Waals surface area contributed by atoms with Crippen LogP contribution in [-0.2, 0) is 0 Å². The predicted octanol–water partition coefficient (Wildman–Crippen LogP) is 1.34. The van der Waals surface area contributed by atoms with Gasteiger partial charge in [0, 0.05) is 0 Å². The van der Waals surface area contributed by atoms with Gasteiger partial charge in [-0.1, -0.05) is 13.8 Å². The molecule has 4 nitrogen and oxygen atoms in total. The first kappa shape index (κ1) is 10.0. The van der Waals surface area contributed by atoms with Crippen molar-refractivity contribution < 1.29 is 0 Å². The first-order chi connectivity index (χ1) is 6.56. The van der Waals surface area contributed by atoms with Crippen LogP contribution in [0.5, 0.6) is 0 Å². The molecule has 0 aromatic carbocycles. The SMILES string of the molecule is CC1C(C)C(C#N)(C#N)C1(C#N)C#N. The molecule has 0 amide bonds. The van der Waals surface area contributed by atoms with Crippen molar-refractivity contribution in [3.8, 4) is 24.3 Å². The predicted molar refractivity (Wildman–Crippen MR) is 45.6 cm³/mol. The van der Waals surface area contributed by atoms with Crippen molar-refractivity contribution in [3.63, 3.8) is 0 Å². The van der Waals surface area contributed by atoms with Gasteiger partial charge in [-0.3, -0.25) is 0 Å². The van der Waals surface area contributed by atoms with Crippen molar-refractivity contribution in [2.45, 2.75) is 13.8 Å². The zero-order chi connectivity index (χ0) is 11.0. The number of hydrogen-bond acceptors (Lipinski definition) is 4. The second-order valence-corrected chi connectivity index (χ2v) is 3.64. The maximum atomic E-state index is 8.95. The zero-order valence-electron chi connectivity index (χ0n) is 7.94. The fourth-order valence-corrected chi connectivity index (χ4v) is 2.18. The molecule has 1 fully saturated rings. The molecule has 1 saturated carbocycles. The molecule has 0 aromatic rings. The van der Waals surface area contributed by atoms with Crippen molar-refractivity contribution in [1.82, 2.24) is 0 Å². The highest BCUT2D eigenvalue weighted by molar-refractivity contribution is 5.43. The van der Waals surface area contributed by atoms with Crippen LogP contribution in [0.25, 0.3) is 0 Å². The molecule has 14 heavy (non-hydrogen) atoms. The second kappa shape index (κ2) is 2.73. The maximum absolute atomic E-state index is 8.95. The summed E-state index contributed by atoms with van der Waals surface area (Å²) >= 11 is 0. The molecule has 1 aliphatic carbocycles. The molecule has 4 heteroatoms. The minimum atomic E-state index is -1.46. The Balaban J connectivity index is 3.39. The Labute approximate surface area is 82.6 Å². The van der Waals surface area contributed by atoms with Crippen molar-refractivity contribution in [2.75, 3.05) is 0 Å². The smallest absolute Gasteiger partial charge is 0.178 e. The van der Waals surface area contributed by atoms with Gasteiger partial charge in [-0.05, 0) is 11.8 Å². The fourth-order valence-electron chi connectivity index (χ4n) is 2.18. The Morgan fingerprint density at radius 3 is 1.07 bits per heavy atom. The largest absolute Gasteiger partial charge is 0.196 e.